The van der Waals surface area contributed by atoms with Crippen LogP contribution < -0.4 is 10.2 Å². The van der Waals surface area contributed by atoms with Crippen LogP contribution in [-0.4, -0.2) is 5.11 Å². The number of benzene rings is 2. The van der Waals surface area contributed by atoms with Gasteiger partial charge in [-0.15, -0.1) is 0 Å². The van der Waals surface area contributed by atoms with Crippen LogP contribution in [0.1, 0.15) is 18.9 Å². The summed E-state index contributed by atoms with van der Waals surface area (Å²) in [7, 11) is 0. The van der Waals surface area contributed by atoms with Gasteiger partial charge in [0.2, 0.25) is 11.2 Å². The van der Waals surface area contributed by atoms with E-state index in [1.165, 1.54) is 30.0 Å². The number of ether oxygens (including phenoxy) is 1. The van der Waals surface area contributed by atoms with E-state index in [1.54, 1.807) is 0 Å². The van der Waals surface area contributed by atoms with E-state index in [-0.39, 0.29) is 16.9 Å². The number of rotatable bonds is 4. The van der Waals surface area contributed by atoms with E-state index in [0.717, 1.165) is 12.8 Å². The highest BCUT2D eigenvalue weighted by atomic mass is 16.5. The summed E-state index contributed by atoms with van der Waals surface area (Å²) in [6.45, 7) is 2.13. The molecule has 1 aromatic heterocycles. The van der Waals surface area contributed by atoms with Crippen molar-refractivity contribution in [2.24, 2.45) is 0 Å². The molecule has 1 heterocycles. The summed E-state index contributed by atoms with van der Waals surface area (Å²) in [6.07, 6.45) is 3.37. The molecule has 22 heavy (non-hydrogen) atoms. The number of hydrogen-bond donors (Lipinski definition) is 1. The fourth-order valence-electron chi connectivity index (χ4n) is 2.31. The van der Waals surface area contributed by atoms with Crippen molar-refractivity contribution >= 4 is 11.0 Å². The Morgan fingerprint density at radius 3 is 2.64 bits per heavy atom. The Morgan fingerprint density at radius 2 is 1.91 bits per heavy atom. The third-order valence-electron chi connectivity index (χ3n) is 3.42. The van der Waals surface area contributed by atoms with Crippen LogP contribution in [0.5, 0.6) is 17.2 Å². The van der Waals surface area contributed by atoms with E-state index in [1.807, 2.05) is 24.3 Å². The Bertz CT molecular complexity index is 847. The van der Waals surface area contributed by atoms with E-state index < -0.39 is 0 Å². The lowest BCUT2D eigenvalue weighted by molar-refractivity contribution is 0.449. The molecule has 4 nitrogen and oxygen atoms in total. The zero-order chi connectivity index (χ0) is 15.5. The first-order valence-electron chi connectivity index (χ1n) is 7.18. The largest absolute Gasteiger partial charge is 0.508 e. The van der Waals surface area contributed by atoms with Crippen molar-refractivity contribution in [2.45, 2.75) is 19.8 Å². The molecular formula is C18H16O4. The minimum Gasteiger partial charge on any atom is -0.508 e. The predicted octanol–water partition coefficient (Wildman–Crippen LogP) is 4.24. The van der Waals surface area contributed by atoms with Gasteiger partial charge >= 0.3 is 0 Å². The smallest absolute Gasteiger partial charge is 0.235 e. The van der Waals surface area contributed by atoms with Crippen LogP contribution in [0.25, 0.3) is 11.0 Å². The molecule has 0 aliphatic heterocycles. The first-order chi connectivity index (χ1) is 10.7. The summed E-state index contributed by atoms with van der Waals surface area (Å²) < 4.78 is 11.0. The molecule has 0 aliphatic rings. The van der Waals surface area contributed by atoms with Gasteiger partial charge in [-0.05, 0) is 36.2 Å². The normalized spacial score (nSPS) is 10.8. The second-order valence-electron chi connectivity index (χ2n) is 5.11. The SMILES string of the molecule is CCCc1ccc(Oc2coc3cc(O)ccc3c2=O)cc1. The molecule has 4 heteroatoms. The van der Waals surface area contributed by atoms with E-state index in [2.05, 4.69) is 6.92 Å². The molecule has 0 amide bonds. The van der Waals surface area contributed by atoms with E-state index in [9.17, 15) is 9.90 Å². The summed E-state index contributed by atoms with van der Waals surface area (Å²) in [5.74, 6) is 0.766. The van der Waals surface area contributed by atoms with Gasteiger partial charge in [-0.1, -0.05) is 25.5 Å². The maximum Gasteiger partial charge on any atom is 0.235 e. The van der Waals surface area contributed by atoms with E-state index >= 15 is 0 Å². The van der Waals surface area contributed by atoms with Crippen molar-refractivity contribution in [3.8, 4) is 17.2 Å². The van der Waals surface area contributed by atoms with E-state index in [0.29, 0.717) is 16.7 Å². The lowest BCUT2D eigenvalue weighted by Crippen LogP contribution is -2.04. The minimum absolute atomic E-state index is 0.0517. The zero-order valence-electron chi connectivity index (χ0n) is 12.2. The number of fused-ring (bicyclic) bond motifs is 1. The fourth-order valence-corrected chi connectivity index (χ4v) is 2.31. The van der Waals surface area contributed by atoms with Gasteiger partial charge in [-0.3, -0.25) is 4.79 Å². The molecule has 0 atom stereocenters. The molecule has 0 spiro atoms. The van der Waals surface area contributed by atoms with Gasteiger partial charge in [-0.25, -0.2) is 0 Å². The number of phenolic OH excluding ortho intramolecular Hbond substituents is 1. The molecule has 1 N–H and O–H groups in total. The van der Waals surface area contributed by atoms with Gasteiger partial charge in [0.25, 0.3) is 0 Å². The topological polar surface area (TPSA) is 59.7 Å². The zero-order valence-corrected chi connectivity index (χ0v) is 12.2. The Labute approximate surface area is 127 Å². The van der Waals surface area contributed by atoms with Crippen LogP contribution >= 0.6 is 0 Å². The van der Waals surface area contributed by atoms with Crippen molar-refractivity contribution in [3.05, 3.63) is 64.5 Å². The number of aromatic hydroxyl groups is 1. The second kappa shape index (κ2) is 5.93. The van der Waals surface area contributed by atoms with Gasteiger partial charge < -0.3 is 14.3 Å². The lowest BCUT2D eigenvalue weighted by Gasteiger charge is -2.06. The molecule has 0 aliphatic carbocycles. The van der Waals surface area contributed by atoms with Crippen LogP contribution in [0.2, 0.25) is 0 Å². The third kappa shape index (κ3) is 2.81. The Kier molecular flexibility index (Phi) is 3.83. The maximum absolute atomic E-state index is 12.3. The average molecular weight is 296 g/mol. The van der Waals surface area contributed by atoms with E-state index in [4.69, 9.17) is 9.15 Å². The summed E-state index contributed by atoms with van der Waals surface area (Å²) >= 11 is 0. The molecular weight excluding hydrogens is 280 g/mol. The molecule has 0 saturated heterocycles. The molecule has 0 unspecified atom stereocenters. The van der Waals surface area contributed by atoms with Crippen molar-refractivity contribution < 1.29 is 14.3 Å². The first kappa shape index (κ1) is 14.2. The van der Waals surface area contributed by atoms with Gasteiger partial charge in [0.15, 0.2) is 0 Å². The van der Waals surface area contributed by atoms with Crippen molar-refractivity contribution in [1.29, 1.82) is 0 Å². The van der Waals surface area contributed by atoms with Crippen LogP contribution in [0.15, 0.2) is 57.9 Å². The Morgan fingerprint density at radius 1 is 1.14 bits per heavy atom. The third-order valence-corrected chi connectivity index (χ3v) is 3.42. The van der Waals surface area contributed by atoms with Gasteiger partial charge in [0.05, 0.1) is 5.39 Å². The number of aryl methyl sites for hydroxylation is 1. The van der Waals surface area contributed by atoms with Crippen molar-refractivity contribution in [3.63, 3.8) is 0 Å². The average Bonchev–Trinajstić information content (AvgIpc) is 2.52. The monoisotopic (exact) mass is 296 g/mol. The molecule has 2 aromatic carbocycles. The van der Waals surface area contributed by atoms with Crippen LogP contribution in [0.3, 0.4) is 0 Å². The Hall–Kier alpha value is -2.75. The summed E-state index contributed by atoms with van der Waals surface area (Å²) in [4.78, 5) is 12.3. The predicted molar refractivity (Wildman–Crippen MR) is 84.7 cm³/mol. The fraction of sp³-hybridized carbons (Fsp3) is 0.167. The number of hydrogen-bond acceptors (Lipinski definition) is 4. The lowest BCUT2D eigenvalue weighted by atomic mass is 10.1. The van der Waals surface area contributed by atoms with Crippen LogP contribution in [-0.2, 0) is 6.42 Å². The molecule has 0 bridgehead atoms. The van der Waals surface area contributed by atoms with Crippen molar-refractivity contribution in [1.82, 2.24) is 0 Å². The molecule has 112 valence electrons. The molecule has 0 fully saturated rings. The molecule has 3 rings (SSSR count). The summed E-state index contributed by atoms with van der Waals surface area (Å²) in [5, 5.41) is 9.78. The Balaban J connectivity index is 1.92. The summed E-state index contributed by atoms with van der Waals surface area (Å²) in [6, 6.07) is 12.0. The summed E-state index contributed by atoms with van der Waals surface area (Å²) in [5.41, 5.74) is 1.30. The second-order valence-corrected chi connectivity index (χ2v) is 5.11. The number of phenols is 1. The van der Waals surface area contributed by atoms with Crippen molar-refractivity contribution in [2.75, 3.05) is 0 Å². The highest BCUT2D eigenvalue weighted by molar-refractivity contribution is 5.78. The standard InChI is InChI=1S/C18H16O4/c1-2-3-12-4-7-14(8-5-12)22-17-11-21-16-10-13(19)6-9-15(16)18(17)20/h4-11,19H,2-3H2,1H3. The van der Waals surface area contributed by atoms with Gasteiger partial charge in [-0.2, -0.15) is 0 Å². The molecule has 0 radical (unpaired) electrons. The minimum atomic E-state index is -0.265. The molecule has 0 saturated carbocycles. The van der Waals surface area contributed by atoms with Gasteiger partial charge in [0, 0.05) is 6.07 Å². The van der Waals surface area contributed by atoms with Crippen LogP contribution in [0.4, 0.5) is 0 Å². The highest BCUT2D eigenvalue weighted by Gasteiger charge is 2.09. The molecule has 3 aromatic rings. The van der Waals surface area contributed by atoms with Gasteiger partial charge in [0.1, 0.15) is 23.3 Å². The first-order valence-corrected chi connectivity index (χ1v) is 7.18. The highest BCUT2D eigenvalue weighted by Crippen LogP contribution is 2.23. The maximum atomic E-state index is 12.3. The quantitative estimate of drug-likeness (QED) is 0.782. The van der Waals surface area contributed by atoms with Crippen LogP contribution in [0, 0.1) is 0 Å².